The number of thiazole rings is 1. The van der Waals surface area contributed by atoms with Crippen LogP contribution >= 0.6 is 34.3 Å². The number of aromatic nitrogens is 1. The second-order valence-electron chi connectivity index (χ2n) is 7.50. The van der Waals surface area contributed by atoms with Gasteiger partial charge in [-0.3, -0.25) is 9.69 Å². The maximum absolute atomic E-state index is 12.2. The molecule has 1 aromatic carbocycles. The van der Waals surface area contributed by atoms with E-state index in [-0.39, 0.29) is 11.9 Å². The second kappa shape index (κ2) is 7.94. The van der Waals surface area contributed by atoms with Crippen molar-refractivity contribution in [3.63, 3.8) is 0 Å². The number of benzene rings is 1. The lowest BCUT2D eigenvalue weighted by molar-refractivity contribution is -0.117. The molecule has 0 aliphatic carbocycles. The van der Waals surface area contributed by atoms with Gasteiger partial charge in [0.2, 0.25) is 5.91 Å². The van der Waals surface area contributed by atoms with Gasteiger partial charge in [-0.05, 0) is 43.7 Å². The van der Waals surface area contributed by atoms with Gasteiger partial charge in [-0.15, -0.1) is 22.7 Å². The van der Waals surface area contributed by atoms with Gasteiger partial charge in [0.1, 0.15) is 11.7 Å². The number of thiophene rings is 1. The van der Waals surface area contributed by atoms with Crippen LogP contribution < -0.4 is 10.6 Å². The summed E-state index contributed by atoms with van der Waals surface area (Å²) < 4.78 is 1.10. The number of aliphatic hydroxyl groups is 1. The number of hydrogen-bond acceptors (Lipinski definition) is 7. The Bertz CT molecular complexity index is 1040. The minimum atomic E-state index is -0.663. The molecule has 2 saturated heterocycles. The highest BCUT2D eigenvalue weighted by atomic mass is 35.5. The van der Waals surface area contributed by atoms with Crippen LogP contribution in [0.3, 0.4) is 0 Å². The van der Waals surface area contributed by atoms with Crippen molar-refractivity contribution in [3.05, 3.63) is 45.2 Å². The summed E-state index contributed by atoms with van der Waals surface area (Å²) in [4.78, 5) is 19.8. The van der Waals surface area contributed by atoms with E-state index in [4.69, 9.17) is 16.6 Å². The number of hydrogen-bond donors (Lipinski definition) is 3. The number of likely N-dealkylation sites (tertiary alicyclic amines) is 1. The fourth-order valence-electron chi connectivity index (χ4n) is 3.83. The smallest absolute Gasteiger partial charge is 0.242 e. The van der Waals surface area contributed by atoms with Gasteiger partial charge in [-0.1, -0.05) is 17.7 Å². The van der Waals surface area contributed by atoms with Crippen LogP contribution in [0.25, 0.3) is 10.2 Å². The zero-order chi connectivity index (χ0) is 20.0. The van der Waals surface area contributed by atoms with Crippen molar-refractivity contribution in [3.8, 4) is 0 Å². The number of fused-ring (bicyclic) bond motifs is 1. The molecule has 0 radical (unpaired) electrons. The van der Waals surface area contributed by atoms with Crippen LogP contribution in [0.15, 0.2) is 30.3 Å². The highest BCUT2D eigenvalue weighted by Gasteiger charge is 2.35. The molecule has 4 heterocycles. The van der Waals surface area contributed by atoms with E-state index in [1.54, 1.807) is 11.3 Å². The van der Waals surface area contributed by atoms with Gasteiger partial charge in [0.05, 0.1) is 30.7 Å². The largest absolute Gasteiger partial charge is 0.373 e. The number of anilines is 1. The van der Waals surface area contributed by atoms with Gasteiger partial charge < -0.3 is 15.7 Å². The minimum Gasteiger partial charge on any atom is -0.373 e. The van der Waals surface area contributed by atoms with Gasteiger partial charge >= 0.3 is 0 Å². The molecule has 0 bridgehead atoms. The van der Waals surface area contributed by atoms with Crippen LogP contribution in [0.1, 0.15) is 34.9 Å². The lowest BCUT2D eigenvalue weighted by atomic mass is 10.0. The molecule has 0 saturated carbocycles. The fourth-order valence-corrected chi connectivity index (χ4v) is 6.11. The SMILES string of the molecule is O=C(Nc1ccc(C(O)N2CC(c3nc4c(Cl)cccc4s3)C2)s1)[C@@H]1CCCN1. The minimum absolute atomic E-state index is 0.00361. The topological polar surface area (TPSA) is 77.5 Å². The average Bonchev–Trinajstić information content (AvgIpc) is 3.41. The molecule has 2 fully saturated rings. The first kappa shape index (κ1) is 19.4. The molecular formula is C20H21ClN4O2S2. The monoisotopic (exact) mass is 448 g/mol. The Hall–Kier alpha value is -1.55. The molecule has 1 unspecified atom stereocenters. The van der Waals surface area contributed by atoms with Gasteiger partial charge in [-0.2, -0.15) is 0 Å². The number of nitrogens with one attached hydrogen (secondary N) is 2. The molecule has 2 atom stereocenters. The molecule has 2 aliphatic rings. The number of aliphatic hydroxyl groups excluding tert-OH is 1. The van der Waals surface area contributed by atoms with E-state index in [0.29, 0.717) is 10.9 Å². The Morgan fingerprint density at radius 3 is 2.93 bits per heavy atom. The Labute approximate surface area is 181 Å². The Kier molecular flexibility index (Phi) is 5.32. The van der Waals surface area contributed by atoms with Crippen LogP contribution in [0.5, 0.6) is 0 Å². The molecule has 6 nitrogen and oxygen atoms in total. The van der Waals surface area contributed by atoms with Crippen molar-refractivity contribution in [2.24, 2.45) is 0 Å². The summed E-state index contributed by atoms with van der Waals surface area (Å²) in [6.07, 6.45) is 1.24. The van der Waals surface area contributed by atoms with E-state index in [1.165, 1.54) is 11.3 Å². The number of carbonyl (C=O) groups is 1. The van der Waals surface area contributed by atoms with Crippen molar-refractivity contribution >= 4 is 55.4 Å². The molecule has 0 spiro atoms. The Morgan fingerprint density at radius 1 is 1.31 bits per heavy atom. The fraction of sp³-hybridized carbons (Fsp3) is 0.400. The van der Waals surface area contributed by atoms with Crippen molar-refractivity contribution in [1.82, 2.24) is 15.2 Å². The predicted molar refractivity (Wildman–Crippen MR) is 118 cm³/mol. The van der Waals surface area contributed by atoms with Crippen LogP contribution in [0.4, 0.5) is 5.00 Å². The molecule has 5 rings (SSSR count). The standard InChI is InChI=1S/C20H21ClN4O2S2/c21-12-3-1-5-14-17(12)24-19(29-14)11-9-25(10-11)20(27)15-6-7-16(28-15)23-18(26)13-4-2-8-22-13/h1,3,5-7,11,13,20,22,27H,2,4,8-10H2,(H,23,26)/t13-,20?/m0/s1. The van der Waals surface area contributed by atoms with Gasteiger partial charge in [0.15, 0.2) is 0 Å². The van der Waals surface area contributed by atoms with Crippen molar-refractivity contribution in [2.45, 2.75) is 31.0 Å². The zero-order valence-corrected chi connectivity index (χ0v) is 18.0. The van der Waals surface area contributed by atoms with E-state index < -0.39 is 6.23 Å². The van der Waals surface area contributed by atoms with Gasteiger partial charge in [0, 0.05) is 19.0 Å². The number of nitrogens with zero attached hydrogens (tertiary/aromatic N) is 2. The quantitative estimate of drug-likeness (QED) is 0.553. The first-order chi connectivity index (χ1) is 14.1. The Balaban J connectivity index is 1.20. The molecule has 3 aromatic rings. The van der Waals surface area contributed by atoms with Gasteiger partial charge in [-0.25, -0.2) is 4.98 Å². The van der Waals surface area contributed by atoms with E-state index in [2.05, 4.69) is 10.6 Å². The maximum atomic E-state index is 12.2. The van der Waals surface area contributed by atoms with Crippen molar-refractivity contribution in [2.75, 3.05) is 25.0 Å². The molecule has 1 amide bonds. The number of para-hydroxylation sites is 1. The van der Waals surface area contributed by atoms with Crippen LogP contribution in [-0.2, 0) is 4.79 Å². The molecule has 152 valence electrons. The summed E-state index contributed by atoms with van der Waals surface area (Å²) in [5, 5.41) is 19.4. The highest BCUT2D eigenvalue weighted by molar-refractivity contribution is 7.18. The zero-order valence-electron chi connectivity index (χ0n) is 15.6. The molecule has 2 aliphatic heterocycles. The van der Waals surface area contributed by atoms with Crippen LogP contribution in [0, 0.1) is 0 Å². The number of amides is 1. The molecule has 9 heteroatoms. The number of halogens is 1. The first-order valence-electron chi connectivity index (χ1n) is 9.69. The van der Waals surface area contributed by atoms with Crippen LogP contribution in [-0.4, -0.2) is 46.6 Å². The third-order valence-corrected chi connectivity index (χ3v) is 8.02. The number of carbonyl (C=O) groups excluding carboxylic acids is 1. The van der Waals surface area contributed by atoms with E-state index in [0.717, 1.165) is 57.6 Å². The normalized spacial score (nSPS) is 21.4. The van der Waals surface area contributed by atoms with Crippen LogP contribution in [0.2, 0.25) is 5.02 Å². The average molecular weight is 449 g/mol. The third kappa shape index (κ3) is 3.81. The molecule has 2 aromatic heterocycles. The van der Waals surface area contributed by atoms with E-state index in [9.17, 15) is 9.90 Å². The molecule has 3 N–H and O–H groups in total. The summed E-state index contributed by atoms with van der Waals surface area (Å²) in [7, 11) is 0. The van der Waals surface area contributed by atoms with E-state index in [1.807, 2.05) is 35.2 Å². The Morgan fingerprint density at radius 2 is 2.17 bits per heavy atom. The summed E-state index contributed by atoms with van der Waals surface area (Å²) in [6, 6.07) is 9.49. The van der Waals surface area contributed by atoms with Gasteiger partial charge in [0.25, 0.3) is 0 Å². The highest BCUT2D eigenvalue weighted by Crippen LogP contribution is 2.39. The lowest BCUT2D eigenvalue weighted by Gasteiger charge is -2.40. The lowest BCUT2D eigenvalue weighted by Crippen LogP contribution is -2.46. The summed E-state index contributed by atoms with van der Waals surface area (Å²) in [6.45, 7) is 2.40. The molecule has 29 heavy (non-hydrogen) atoms. The molecular weight excluding hydrogens is 428 g/mol. The van der Waals surface area contributed by atoms with E-state index >= 15 is 0 Å². The number of rotatable bonds is 5. The second-order valence-corrected chi connectivity index (χ2v) is 10.1. The first-order valence-corrected chi connectivity index (χ1v) is 11.7. The summed E-state index contributed by atoms with van der Waals surface area (Å²) >= 11 is 9.34. The predicted octanol–water partition coefficient (Wildman–Crippen LogP) is 3.79. The summed E-state index contributed by atoms with van der Waals surface area (Å²) in [5.74, 6) is 0.314. The van der Waals surface area contributed by atoms with Crippen molar-refractivity contribution in [1.29, 1.82) is 0 Å². The third-order valence-electron chi connectivity index (χ3n) is 5.50. The van der Waals surface area contributed by atoms with Crippen molar-refractivity contribution < 1.29 is 9.90 Å². The summed E-state index contributed by atoms with van der Waals surface area (Å²) in [5.41, 5.74) is 0.864. The maximum Gasteiger partial charge on any atom is 0.242 e.